The quantitative estimate of drug-likeness (QED) is 0.814. The van der Waals surface area contributed by atoms with E-state index in [1.54, 1.807) is 12.1 Å². The topological polar surface area (TPSA) is 80.7 Å². The molecule has 18 heavy (non-hydrogen) atoms. The molecule has 2 rings (SSSR count). The first-order valence-electron chi connectivity index (χ1n) is 5.00. The summed E-state index contributed by atoms with van der Waals surface area (Å²) in [4.78, 5) is 11.5. The number of rotatable bonds is 2. The van der Waals surface area contributed by atoms with Crippen molar-refractivity contribution in [3.05, 3.63) is 46.2 Å². The second kappa shape index (κ2) is 4.30. The average molecular weight is 266 g/mol. The molecule has 0 amide bonds. The fourth-order valence-electron chi connectivity index (χ4n) is 1.67. The summed E-state index contributed by atoms with van der Waals surface area (Å²) >= 11 is 0. The number of phenols is 1. The Morgan fingerprint density at radius 2 is 1.89 bits per heavy atom. The van der Waals surface area contributed by atoms with Crippen LogP contribution in [0.4, 0.5) is 0 Å². The zero-order valence-electron chi connectivity index (χ0n) is 9.45. The summed E-state index contributed by atoms with van der Waals surface area (Å²) in [5.74, 6) is -0.860. The average Bonchev–Trinajstić information content (AvgIpc) is 2.65. The Morgan fingerprint density at radius 1 is 1.22 bits per heavy atom. The van der Waals surface area contributed by atoms with E-state index in [-0.39, 0.29) is 22.5 Å². The van der Waals surface area contributed by atoms with Crippen LogP contribution in [0.3, 0.4) is 0 Å². The van der Waals surface area contributed by atoms with Gasteiger partial charge in [-0.2, -0.15) is 0 Å². The minimum Gasteiger partial charge on any atom is -0.507 e. The number of methoxy groups -OCH3 is 1. The Balaban J connectivity index is 2.61. The van der Waals surface area contributed by atoms with Gasteiger partial charge in [-0.05, 0) is 6.07 Å². The van der Waals surface area contributed by atoms with Gasteiger partial charge in [0.05, 0.1) is 18.1 Å². The lowest BCUT2D eigenvalue weighted by Gasteiger charge is -2.07. The lowest BCUT2D eigenvalue weighted by molar-refractivity contribution is -0.135. The Morgan fingerprint density at radius 3 is 2.50 bits per heavy atom. The predicted molar refractivity (Wildman–Crippen MR) is 65.1 cm³/mol. The van der Waals surface area contributed by atoms with Crippen LogP contribution in [0.2, 0.25) is 0 Å². The number of hydrogen-bond acceptors (Lipinski definition) is 5. The third kappa shape index (κ3) is 2.14. The van der Waals surface area contributed by atoms with Gasteiger partial charge in [0.15, 0.2) is 9.84 Å². The molecule has 0 saturated heterocycles. The molecule has 1 aromatic carbocycles. The van der Waals surface area contributed by atoms with Crippen LogP contribution in [0.25, 0.3) is 5.57 Å². The van der Waals surface area contributed by atoms with Crippen LogP contribution in [0, 0.1) is 0 Å². The molecule has 0 fully saturated rings. The highest BCUT2D eigenvalue weighted by atomic mass is 32.2. The van der Waals surface area contributed by atoms with Crippen molar-refractivity contribution in [2.24, 2.45) is 0 Å². The maximum absolute atomic E-state index is 11.5. The predicted octanol–water partition coefficient (Wildman–Crippen LogP) is 1.22. The van der Waals surface area contributed by atoms with Crippen LogP contribution in [0.15, 0.2) is 40.7 Å². The van der Waals surface area contributed by atoms with E-state index in [4.69, 9.17) is 0 Å². The molecule has 0 aromatic heterocycles. The Labute approximate surface area is 104 Å². The Kier molecular flexibility index (Phi) is 2.96. The number of carbonyl (C=O) groups is 1. The van der Waals surface area contributed by atoms with E-state index in [9.17, 15) is 18.3 Å². The SMILES string of the molecule is COC(=O)C1=CS(=O)(=O)C=C1c1ccccc1O. The molecule has 0 unspecified atom stereocenters. The standard InChI is InChI=1S/C12H10O5S/c1-17-12(14)10-7-18(15,16)6-9(10)8-4-2-3-5-11(8)13/h2-7,13H,1H3. The van der Waals surface area contributed by atoms with Crippen LogP contribution in [0.5, 0.6) is 5.75 Å². The lowest BCUT2D eigenvalue weighted by Crippen LogP contribution is -2.05. The van der Waals surface area contributed by atoms with Crippen LogP contribution < -0.4 is 0 Å². The van der Waals surface area contributed by atoms with E-state index in [1.807, 2.05) is 0 Å². The summed E-state index contributed by atoms with van der Waals surface area (Å²) in [6.45, 7) is 0. The number of ether oxygens (including phenoxy) is 1. The van der Waals surface area contributed by atoms with E-state index < -0.39 is 15.8 Å². The van der Waals surface area contributed by atoms with Gasteiger partial charge in [0.2, 0.25) is 0 Å². The monoisotopic (exact) mass is 266 g/mol. The van der Waals surface area contributed by atoms with Gasteiger partial charge in [0.1, 0.15) is 5.75 Å². The van der Waals surface area contributed by atoms with Gasteiger partial charge < -0.3 is 9.84 Å². The van der Waals surface area contributed by atoms with Crippen LogP contribution in [-0.2, 0) is 19.4 Å². The van der Waals surface area contributed by atoms with E-state index >= 15 is 0 Å². The number of carbonyl (C=O) groups excluding carboxylic acids is 1. The largest absolute Gasteiger partial charge is 0.507 e. The van der Waals surface area contributed by atoms with E-state index in [2.05, 4.69) is 4.74 Å². The van der Waals surface area contributed by atoms with E-state index in [0.717, 1.165) is 17.9 Å². The number of sulfone groups is 1. The summed E-state index contributed by atoms with van der Waals surface area (Å²) in [7, 11) is -2.44. The Bertz CT molecular complexity index is 667. The molecule has 0 saturated carbocycles. The van der Waals surface area contributed by atoms with Crippen LogP contribution >= 0.6 is 0 Å². The molecule has 5 nitrogen and oxygen atoms in total. The summed E-state index contributed by atoms with van der Waals surface area (Å²) in [6, 6.07) is 6.18. The summed E-state index contributed by atoms with van der Waals surface area (Å²) < 4.78 is 27.6. The van der Waals surface area contributed by atoms with Crippen molar-refractivity contribution in [1.29, 1.82) is 0 Å². The number of aromatic hydroxyl groups is 1. The lowest BCUT2D eigenvalue weighted by atomic mass is 10.00. The number of hydrogen-bond donors (Lipinski definition) is 1. The van der Waals surface area contributed by atoms with Gasteiger partial charge in [-0.3, -0.25) is 0 Å². The number of benzene rings is 1. The van der Waals surface area contributed by atoms with Gasteiger partial charge in [-0.25, -0.2) is 13.2 Å². The first-order valence-corrected chi connectivity index (χ1v) is 6.61. The molecule has 0 spiro atoms. The van der Waals surface area contributed by atoms with Crippen molar-refractivity contribution in [1.82, 2.24) is 0 Å². The second-order valence-corrected chi connectivity index (χ2v) is 5.31. The van der Waals surface area contributed by atoms with Gasteiger partial charge in [0.25, 0.3) is 0 Å². The summed E-state index contributed by atoms with van der Waals surface area (Å²) in [5, 5.41) is 11.5. The molecular formula is C12H10O5S. The van der Waals surface area contributed by atoms with Gasteiger partial charge in [-0.15, -0.1) is 0 Å². The number of esters is 1. The summed E-state index contributed by atoms with van der Waals surface area (Å²) in [6.07, 6.45) is 0. The number of para-hydroxylation sites is 1. The second-order valence-electron chi connectivity index (χ2n) is 3.66. The van der Waals surface area contributed by atoms with Crippen molar-refractivity contribution in [2.45, 2.75) is 0 Å². The van der Waals surface area contributed by atoms with Crippen molar-refractivity contribution >= 4 is 21.4 Å². The maximum atomic E-state index is 11.5. The van der Waals surface area contributed by atoms with E-state index in [0.29, 0.717) is 0 Å². The molecule has 1 aliphatic heterocycles. The van der Waals surface area contributed by atoms with Crippen LogP contribution in [-0.4, -0.2) is 26.6 Å². The Hall–Kier alpha value is -2.08. The molecule has 0 atom stereocenters. The molecule has 0 radical (unpaired) electrons. The zero-order chi connectivity index (χ0) is 13.3. The maximum Gasteiger partial charge on any atom is 0.339 e. The minimum atomic E-state index is -3.60. The van der Waals surface area contributed by atoms with Gasteiger partial charge >= 0.3 is 5.97 Å². The minimum absolute atomic E-state index is 0.0843. The molecule has 94 valence electrons. The van der Waals surface area contributed by atoms with Gasteiger partial charge in [-0.1, -0.05) is 18.2 Å². The molecule has 1 aromatic rings. The molecular weight excluding hydrogens is 256 g/mol. The number of phenolic OH excluding ortho intramolecular Hbond substituents is 1. The van der Waals surface area contributed by atoms with Crippen molar-refractivity contribution in [3.8, 4) is 5.75 Å². The van der Waals surface area contributed by atoms with Crippen LogP contribution in [0.1, 0.15) is 5.56 Å². The van der Waals surface area contributed by atoms with Crippen molar-refractivity contribution in [2.75, 3.05) is 7.11 Å². The highest BCUT2D eigenvalue weighted by Gasteiger charge is 2.28. The first kappa shape index (κ1) is 12.4. The molecule has 1 N–H and O–H groups in total. The van der Waals surface area contributed by atoms with Crippen molar-refractivity contribution in [3.63, 3.8) is 0 Å². The molecule has 1 aliphatic rings. The smallest absolute Gasteiger partial charge is 0.339 e. The fourth-order valence-corrected chi connectivity index (χ4v) is 2.87. The molecule has 1 heterocycles. The third-order valence-electron chi connectivity index (χ3n) is 2.45. The van der Waals surface area contributed by atoms with Gasteiger partial charge in [0, 0.05) is 16.5 Å². The highest BCUT2D eigenvalue weighted by molar-refractivity contribution is 7.97. The first-order chi connectivity index (χ1) is 8.44. The summed E-state index contributed by atoms with van der Waals surface area (Å²) in [5.41, 5.74) is 0.328. The highest BCUT2D eigenvalue weighted by Crippen LogP contribution is 2.35. The fraction of sp³-hybridized carbons (Fsp3) is 0.0833. The molecule has 6 heteroatoms. The molecule has 0 bridgehead atoms. The van der Waals surface area contributed by atoms with E-state index in [1.165, 1.54) is 12.1 Å². The zero-order valence-corrected chi connectivity index (χ0v) is 10.3. The molecule has 0 aliphatic carbocycles. The third-order valence-corrected chi connectivity index (χ3v) is 3.58. The van der Waals surface area contributed by atoms with Crippen molar-refractivity contribution < 1.29 is 23.1 Å². The normalized spacial score (nSPS) is 16.9.